The molecule has 0 saturated carbocycles. The Morgan fingerprint density at radius 1 is 1.10 bits per heavy atom. The van der Waals surface area contributed by atoms with Crippen molar-refractivity contribution < 1.29 is 14.3 Å². The number of ether oxygens (including phenoxy) is 1. The fourth-order valence-corrected chi connectivity index (χ4v) is 3.79. The van der Waals surface area contributed by atoms with Crippen LogP contribution in [0.15, 0.2) is 48.5 Å². The number of halogens is 1. The largest absolute Gasteiger partial charge is 0.492 e. The van der Waals surface area contributed by atoms with Crippen molar-refractivity contribution in [2.75, 3.05) is 36.9 Å². The fourth-order valence-electron chi connectivity index (χ4n) is 3.60. The smallest absolute Gasteiger partial charge is 0.321 e. The molecule has 31 heavy (non-hydrogen) atoms. The van der Waals surface area contributed by atoms with E-state index < -0.39 is 0 Å². The molecule has 8 heteroatoms. The average molecular weight is 445 g/mol. The van der Waals surface area contributed by atoms with Crippen LogP contribution in [0.3, 0.4) is 0 Å². The Morgan fingerprint density at radius 2 is 1.87 bits per heavy atom. The molecule has 0 radical (unpaired) electrons. The Balaban J connectivity index is 1.36. The number of rotatable bonds is 7. The second-order valence-electron chi connectivity index (χ2n) is 7.47. The number of carbonyl (C=O) groups is 2. The number of likely N-dealkylation sites (tertiary alicyclic amines) is 1. The van der Waals surface area contributed by atoms with Gasteiger partial charge in [-0.05, 0) is 62.4 Å². The normalized spacial score (nSPS) is 14.1. The lowest BCUT2D eigenvalue weighted by Crippen LogP contribution is -2.41. The number of hydrogen-bond acceptors (Lipinski definition) is 3. The Bertz CT molecular complexity index is 885. The van der Waals surface area contributed by atoms with Crippen LogP contribution in [0, 0.1) is 5.92 Å². The van der Waals surface area contributed by atoms with Crippen molar-refractivity contribution in [3.63, 3.8) is 0 Å². The van der Waals surface area contributed by atoms with Crippen LogP contribution in [0.4, 0.5) is 21.0 Å². The van der Waals surface area contributed by atoms with E-state index in [0.29, 0.717) is 54.3 Å². The highest BCUT2D eigenvalue weighted by Gasteiger charge is 2.22. The summed E-state index contributed by atoms with van der Waals surface area (Å²) in [5.74, 6) is 1.13. The van der Waals surface area contributed by atoms with Crippen molar-refractivity contribution in [3.8, 4) is 5.75 Å². The van der Waals surface area contributed by atoms with Crippen LogP contribution in [0.5, 0.6) is 5.75 Å². The van der Waals surface area contributed by atoms with Crippen LogP contribution in [0.2, 0.25) is 5.02 Å². The Morgan fingerprint density at radius 3 is 2.61 bits per heavy atom. The highest BCUT2D eigenvalue weighted by molar-refractivity contribution is 6.30. The summed E-state index contributed by atoms with van der Waals surface area (Å²) in [7, 11) is 0. The highest BCUT2D eigenvalue weighted by Crippen LogP contribution is 2.24. The van der Waals surface area contributed by atoms with E-state index in [1.807, 2.05) is 48.2 Å². The van der Waals surface area contributed by atoms with Crippen molar-refractivity contribution in [1.82, 2.24) is 10.2 Å². The molecular formula is C23H29ClN4O3. The molecule has 0 spiro atoms. The summed E-state index contributed by atoms with van der Waals surface area (Å²) in [5, 5.41) is 9.23. The van der Waals surface area contributed by atoms with Crippen LogP contribution in [-0.2, 0) is 0 Å². The molecule has 0 unspecified atom stereocenters. The molecule has 1 heterocycles. The summed E-state index contributed by atoms with van der Waals surface area (Å²) in [6, 6.07) is 14.2. The lowest BCUT2D eigenvalue weighted by atomic mass is 9.94. The van der Waals surface area contributed by atoms with Gasteiger partial charge in [-0.1, -0.05) is 29.8 Å². The maximum absolute atomic E-state index is 12.4. The second-order valence-corrected chi connectivity index (χ2v) is 7.91. The van der Waals surface area contributed by atoms with Crippen molar-refractivity contribution >= 4 is 35.0 Å². The Labute approximate surface area is 188 Å². The molecular weight excluding hydrogens is 416 g/mol. The molecule has 2 aromatic carbocycles. The van der Waals surface area contributed by atoms with Crippen LogP contribution in [-0.4, -0.2) is 43.2 Å². The summed E-state index contributed by atoms with van der Waals surface area (Å²) in [6.45, 7) is 4.43. The first kappa shape index (κ1) is 22.7. The van der Waals surface area contributed by atoms with Crippen molar-refractivity contribution in [1.29, 1.82) is 0 Å². The molecule has 3 rings (SSSR count). The number of piperidine rings is 1. The molecule has 1 saturated heterocycles. The summed E-state index contributed by atoms with van der Waals surface area (Å²) >= 11 is 5.97. The van der Waals surface area contributed by atoms with E-state index in [0.717, 1.165) is 19.3 Å². The number of carbonyl (C=O) groups excluding carboxylic acids is 2. The lowest BCUT2D eigenvalue weighted by Gasteiger charge is -2.32. The van der Waals surface area contributed by atoms with Crippen molar-refractivity contribution in [2.24, 2.45) is 5.92 Å². The van der Waals surface area contributed by atoms with E-state index in [9.17, 15) is 9.59 Å². The summed E-state index contributed by atoms with van der Waals surface area (Å²) in [5.41, 5.74) is 1.35. The molecule has 0 aromatic heterocycles. The number of nitrogens with zero attached hydrogens (tertiary/aromatic N) is 1. The first-order valence-electron chi connectivity index (χ1n) is 10.6. The molecule has 2 aromatic rings. The minimum absolute atomic E-state index is 0.105. The first-order chi connectivity index (χ1) is 15.0. The van der Waals surface area contributed by atoms with Crippen LogP contribution >= 0.6 is 11.6 Å². The molecule has 7 nitrogen and oxygen atoms in total. The van der Waals surface area contributed by atoms with Gasteiger partial charge in [-0.3, -0.25) is 0 Å². The number of urea groups is 2. The van der Waals surface area contributed by atoms with E-state index in [1.54, 1.807) is 12.1 Å². The van der Waals surface area contributed by atoms with Gasteiger partial charge in [0.15, 0.2) is 0 Å². The number of benzene rings is 2. The topological polar surface area (TPSA) is 82.7 Å². The summed E-state index contributed by atoms with van der Waals surface area (Å²) < 4.78 is 5.52. The molecule has 3 N–H and O–H groups in total. The molecule has 0 atom stereocenters. The monoisotopic (exact) mass is 444 g/mol. The number of para-hydroxylation sites is 2. The van der Waals surface area contributed by atoms with Gasteiger partial charge in [0.1, 0.15) is 5.75 Å². The molecule has 0 bridgehead atoms. The second kappa shape index (κ2) is 11.5. The first-order valence-corrected chi connectivity index (χ1v) is 11.0. The predicted octanol–water partition coefficient (Wildman–Crippen LogP) is 5.19. The molecule has 1 aliphatic rings. The van der Waals surface area contributed by atoms with Crippen LogP contribution in [0.1, 0.15) is 26.2 Å². The minimum Gasteiger partial charge on any atom is -0.492 e. The zero-order valence-corrected chi connectivity index (χ0v) is 18.5. The third kappa shape index (κ3) is 7.07. The van der Waals surface area contributed by atoms with E-state index >= 15 is 0 Å². The molecule has 0 aliphatic carbocycles. The summed E-state index contributed by atoms with van der Waals surface area (Å²) in [4.78, 5) is 26.5. The summed E-state index contributed by atoms with van der Waals surface area (Å²) in [6.07, 6.45) is 2.71. The van der Waals surface area contributed by atoms with Crippen molar-refractivity contribution in [3.05, 3.63) is 53.6 Å². The van der Waals surface area contributed by atoms with Crippen LogP contribution < -0.4 is 20.7 Å². The Hall–Kier alpha value is -2.93. The number of amides is 4. The fraction of sp³-hybridized carbons (Fsp3) is 0.391. The van der Waals surface area contributed by atoms with E-state index in [4.69, 9.17) is 16.3 Å². The predicted molar refractivity (Wildman–Crippen MR) is 124 cm³/mol. The van der Waals surface area contributed by atoms with Gasteiger partial charge in [0.25, 0.3) is 0 Å². The molecule has 4 amide bonds. The van der Waals surface area contributed by atoms with Crippen molar-refractivity contribution in [2.45, 2.75) is 26.2 Å². The van der Waals surface area contributed by atoms with Gasteiger partial charge in [-0.15, -0.1) is 0 Å². The molecule has 166 valence electrons. The third-order valence-electron chi connectivity index (χ3n) is 5.25. The van der Waals surface area contributed by atoms with E-state index in [-0.39, 0.29) is 12.1 Å². The lowest BCUT2D eigenvalue weighted by molar-refractivity contribution is 0.180. The maximum atomic E-state index is 12.4. The standard InChI is InChI=1S/C23H29ClN4O3/c1-2-31-21-9-4-3-8-20(21)27-22(29)25-13-10-17-11-14-28(15-12-17)23(30)26-19-7-5-6-18(24)16-19/h3-9,16-17H,2,10-15H2,1H3,(H,26,30)(H2,25,27,29). The van der Waals surface area contributed by atoms with Crippen LogP contribution in [0.25, 0.3) is 0 Å². The minimum atomic E-state index is -0.245. The average Bonchev–Trinajstić information content (AvgIpc) is 2.76. The molecule has 1 fully saturated rings. The highest BCUT2D eigenvalue weighted by atomic mass is 35.5. The number of nitrogens with one attached hydrogen (secondary N) is 3. The quantitative estimate of drug-likeness (QED) is 0.549. The molecule has 1 aliphatic heterocycles. The van der Waals surface area contributed by atoms with E-state index in [1.165, 1.54) is 0 Å². The van der Waals surface area contributed by atoms with Gasteiger partial charge in [0.2, 0.25) is 0 Å². The zero-order chi connectivity index (χ0) is 22.1. The van der Waals surface area contributed by atoms with Gasteiger partial charge < -0.3 is 25.6 Å². The SMILES string of the molecule is CCOc1ccccc1NC(=O)NCCC1CCN(C(=O)Nc2cccc(Cl)c2)CC1. The van der Waals surface area contributed by atoms with Gasteiger partial charge in [-0.2, -0.15) is 0 Å². The van der Waals surface area contributed by atoms with Gasteiger partial charge in [0, 0.05) is 30.3 Å². The third-order valence-corrected chi connectivity index (χ3v) is 5.49. The maximum Gasteiger partial charge on any atom is 0.321 e. The van der Waals surface area contributed by atoms with E-state index in [2.05, 4.69) is 16.0 Å². The van der Waals surface area contributed by atoms with Gasteiger partial charge in [-0.25, -0.2) is 9.59 Å². The number of anilines is 2. The Kier molecular flexibility index (Phi) is 8.41. The van der Waals surface area contributed by atoms with Gasteiger partial charge >= 0.3 is 12.1 Å². The van der Waals surface area contributed by atoms with Gasteiger partial charge in [0.05, 0.1) is 12.3 Å². The zero-order valence-electron chi connectivity index (χ0n) is 17.7. The number of hydrogen-bond donors (Lipinski definition) is 3.